The van der Waals surface area contributed by atoms with Crippen LogP contribution < -0.4 is 5.32 Å². The lowest BCUT2D eigenvalue weighted by Gasteiger charge is -2.26. The monoisotopic (exact) mass is 397 g/mol. The van der Waals surface area contributed by atoms with Crippen LogP contribution >= 0.6 is 11.6 Å². The van der Waals surface area contributed by atoms with Crippen LogP contribution in [0.5, 0.6) is 0 Å². The first-order valence-corrected chi connectivity index (χ1v) is 10.5. The van der Waals surface area contributed by atoms with Gasteiger partial charge in [-0.05, 0) is 42.8 Å². The van der Waals surface area contributed by atoms with E-state index in [0.717, 1.165) is 69.5 Å². The Morgan fingerprint density at radius 2 is 1.75 bits per heavy atom. The van der Waals surface area contributed by atoms with Crippen LogP contribution in [0.4, 0.5) is 0 Å². The zero-order valence-electron chi connectivity index (χ0n) is 16.2. The van der Waals surface area contributed by atoms with Crippen molar-refractivity contribution in [1.29, 1.82) is 0 Å². The van der Waals surface area contributed by atoms with Crippen molar-refractivity contribution in [2.75, 3.05) is 39.4 Å². The first-order valence-electron chi connectivity index (χ1n) is 10.1. The quantitative estimate of drug-likeness (QED) is 0.579. The van der Waals surface area contributed by atoms with Gasteiger partial charge < -0.3 is 14.6 Å². The molecule has 148 valence electrons. The molecule has 0 aliphatic carbocycles. The summed E-state index contributed by atoms with van der Waals surface area (Å²) in [6.45, 7) is 7.73. The topological polar surface area (TPSA) is 29.4 Å². The second kappa shape index (κ2) is 9.57. The normalized spacial score (nSPS) is 15.3. The average Bonchev–Trinajstić information content (AvgIpc) is 3.08. The van der Waals surface area contributed by atoms with E-state index in [1.54, 1.807) is 0 Å². The third-order valence-corrected chi connectivity index (χ3v) is 5.79. The molecule has 2 heterocycles. The molecule has 0 atom stereocenters. The average molecular weight is 398 g/mol. The van der Waals surface area contributed by atoms with Gasteiger partial charge in [-0.25, -0.2) is 0 Å². The lowest BCUT2D eigenvalue weighted by molar-refractivity contribution is 0.0374. The van der Waals surface area contributed by atoms with Crippen molar-refractivity contribution in [3.63, 3.8) is 0 Å². The second-order valence-electron chi connectivity index (χ2n) is 7.38. The van der Waals surface area contributed by atoms with Crippen molar-refractivity contribution in [3.8, 4) is 0 Å². The summed E-state index contributed by atoms with van der Waals surface area (Å²) in [6, 6.07) is 16.7. The summed E-state index contributed by atoms with van der Waals surface area (Å²) in [6.07, 6.45) is 3.43. The van der Waals surface area contributed by atoms with Crippen LogP contribution in [0, 0.1) is 0 Å². The van der Waals surface area contributed by atoms with E-state index in [0.29, 0.717) is 0 Å². The molecule has 4 rings (SSSR count). The van der Waals surface area contributed by atoms with Gasteiger partial charge in [0.15, 0.2) is 0 Å². The first-order chi connectivity index (χ1) is 13.8. The van der Waals surface area contributed by atoms with Crippen molar-refractivity contribution < 1.29 is 4.74 Å². The molecule has 4 nitrogen and oxygen atoms in total. The van der Waals surface area contributed by atoms with Crippen molar-refractivity contribution in [2.24, 2.45) is 0 Å². The maximum atomic E-state index is 6.38. The van der Waals surface area contributed by atoms with Gasteiger partial charge in [0.05, 0.1) is 13.2 Å². The van der Waals surface area contributed by atoms with Gasteiger partial charge in [0, 0.05) is 48.3 Å². The van der Waals surface area contributed by atoms with E-state index < -0.39 is 0 Å². The zero-order chi connectivity index (χ0) is 19.2. The largest absolute Gasteiger partial charge is 0.379 e. The minimum atomic E-state index is 0.789. The molecule has 28 heavy (non-hydrogen) atoms. The van der Waals surface area contributed by atoms with Gasteiger partial charge in [0.2, 0.25) is 0 Å². The van der Waals surface area contributed by atoms with Crippen molar-refractivity contribution in [3.05, 3.63) is 70.9 Å². The van der Waals surface area contributed by atoms with Gasteiger partial charge >= 0.3 is 0 Å². The number of benzene rings is 2. The third kappa shape index (κ3) is 4.76. The van der Waals surface area contributed by atoms with Gasteiger partial charge in [-0.1, -0.05) is 48.0 Å². The van der Waals surface area contributed by atoms with Crippen molar-refractivity contribution >= 4 is 22.5 Å². The molecule has 2 aromatic carbocycles. The Labute approximate surface area is 172 Å². The van der Waals surface area contributed by atoms with Gasteiger partial charge in [-0.15, -0.1) is 0 Å². The van der Waals surface area contributed by atoms with E-state index >= 15 is 0 Å². The van der Waals surface area contributed by atoms with Crippen LogP contribution in [0.25, 0.3) is 10.9 Å². The first kappa shape index (κ1) is 19.5. The van der Waals surface area contributed by atoms with E-state index in [-0.39, 0.29) is 0 Å². The van der Waals surface area contributed by atoms with E-state index in [1.807, 2.05) is 18.2 Å². The highest BCUT2D eigenvalue weighted by Gasteiger charge is 2.11. The fourth-order valence-corrected chi connectivity index (χ4v) is 4.08. The van der Waals surface area contributed by atoms with Crippen molar-refractivity contribution in [1.82, 2.24) is 14.8 Å². The van der Waals surface area contributed by atoms with Crippen LogP contribution in [-0.2, 0) is 17.8 Å². The predicted octanol–water partition coefficient (Wildman–Crippen LogP) is 4.15. The summed E-state index contributed by atoms with van der Waals surface area (Å²) >= 11 is 6.38. The number of nitrogens with one attached hydrogen (secondary N) is 1. The molecular weight excluding hydrogens is 370 g/mol. The molecule has 1 aliphatic heterocycles. The third-order valence-electron chi connectivity index (χ3n) is 5.42. The summed E-state index contributed by atoms with van der Waals surface area (Å²) in [5.41, 5.74) is 3.75. The molecule has 0 saturated carbocycles. The van der Waals surface area contributed by atoms with E-state index in [2.05, 4.69) is 51.3 Å². The van der Waals surface area contributed by atoms with Crippen LogP contribution in [0.3, 0.4) is 0 Å². The highest BCUT2D eigenvalue weighted by molar-refractivity contribution is 6.31. The number of para-hydroxylation sites is 1. The molecule has 5 heteroatoms. The van der Waals surface area contributed by atoms with Gasteiger partial charge in [0.25, 0.3) is 0 Å². The Kier molecular flexibility index (Phi) is 6.65. The van der Waals surface area contributed by atoms with E-state index in [4.69, 9.17) is 16.3 Å². The summed E-state index contributed by atoms with van der Waals surface area (Å²) < 4.78 is 7.72. The number of hydrogen-bond acceptors (Lipinski definition) is 3. The van der Waals surface area contributed by atoms with Gasteiger partial charge in [-0.2, -0.15) is 0 Å². The Balaban J connectivity index is 1.38. The lowest BCUT2D eigenvalue weighted by Crippen LogP contribution is -2.37. The molecule has 1 aliphatic rings. The highest BCUT2D eigenvalue weighted by Crippen LogP contribution is 2.24. The summed E-state index contributed by atoms with van der Waals surface area (Å²) in [7, 11) is 0. The number of fused-ring (bicyclic) bond motifs is 1. The number of aromatic nitrogens is 1. The number of morpholine rings is 1. The number of nitrogens with zero attached hydrogens (tertiary/aromatic N) is 2. The summed E-state index contributed by atoms with van der Waals surface area (Å²) in [5, 5.41) is 5.76. The van der Waals surface area contributed by atoms with Gasteiger partial charge in [0.1, 0.15) is 0 Å². The molecule has 1 aromatic heterocycles. The summed E-state index contributed by atoms with van der Waals surface area (Å²) in [4.78, 5) is 2.49. The molecular formula is C23H28ClN3O. The Morgan fingerprint density at radius 3 is 2.61 bits per heavy atom. The Bertz CT molecular complexity index is 902. The van der Waals surface area contributed by atoms with E-state index in [1.165, 1.54) is 16.5 Å². The molecule has 0 amide bonds. The number of halogens is 1. The summed E-state index contributed by atoms with van der Waals surface area (Å²) in [5.74, 6) is 0. The number of rotatable bonds is 8. The van der Waals surface area contributed by atoms with Crippen molar-refractivity contribution in [2.45, 2.75) is 19.5 Å². The van der Waals surface area contributed by atoms with Gasteiger partial charge in [-0.3, -0.25) is 4.90 Å². The maximum Gasteiger partial charge on any atom is 0.0594 e. The SMILES string of the molecule is Clc1ccccc1Cn1cc(CNCCCN2CCOCC2)c2ccccc21. The zero-order valence-corrected chi connectivity index (χ0v) is 17.0. The fourth-order valence-electron chi connectivity index (χ4n) is 3.88. The number of ether oxygens (including phenoxy) is 1. The second-order valence-corrected chi connectivity index (χ2v) is 7.78. The predicted molar refractivity (Wildman–Crippen MR) is 116 cm³/mol. The van der Waals surface area contributed by atoms with Crippen LogP contribution in [0.15, 0.2) is 54.7 Å². The molecule has 1 N–H and O–H groups in total. The van der Waals surface area contributed by atoms with Crippen LogP contribution in [0.2, 0.25) is 5.02 Å². The fraction of sp³-hybridized carbons (Fsp3) is 0.391. The molecule has 0 unspecified atom stereocenters. The number of hydrogen-bond donors (Lipinski definition) is 1. The minimum Gasteiger partial charge on any atom is -0.379 e. The Hall–Kier alpha value is -1.85. The van der Waals surface area contributed by atoms with Crippen LogP contribution in [-0.4, -0.2) is 48.9 Å². The molecule has 3 aromatic rings. The standard InChI is InChI=1S/C23H28ClN3O/c24-22-8-3-1-6-19(22)17-27-18-20(21-7-2-4-9-23(21)27)16-25-10-5-11-26-12-14-28-15-13-26/h1-4,6-9,18,25H,5,10-17H2. The molecule has 1 fully saturated rings. The molecule has 0 radical (unpaired) electrons. The minimum absolute atomic E-state index is 0.789. The molecule has 0 bridgehead atoms. The molecule has 1 saturated heterocycles. The smallest absolute Gasteiger partial charge is 0.0594 e. The molecule has 0 spiro atoms. The highest BCUT2D eigenvalue weighted by atomic mass is 35.5. The Morgan fingerprint density at radius 1 is 0.964 bits per heavy atom. The maximum absolute atomic E-state index is 6.38. The van der Waals surface area contributed by atoms with Crippen LogP contribution in [0.1, 0.15) is 17.5 Å². The van der Waals surface area contributed by atoms with E-state index in [9.17, 15) is 0 Å². The lowest BCUT2D eigenvalue weighted by atomic mass is 10.2.